The van der Waals surface area contributed by atoms with Gasteiger partial charge in [-0.2, -0.15) is 13.2 Å². The third-order valence-corrected chi connectivity index (χ3v) is 4.18. The van der Waals surface area contributed by atoms with Crippen LogP contribution in [0.5, 0.6) is 0 Å². The van der Waals surface area contributed by atoms with Crippen LogP contribution >= 0.6 is 0 Å². The van der Waals surface area contributed by atoms with Crippen molar-refractivity contribution in [1.82, 2.24) is 0 Å². The average molecular weight is 392 g/mol. The van der Waals surface area contributed by atoms with Crippen LogP contribution in [0.15, 0.2) is 78.9 Å². The average Bonchev–Trinajstić information content (AvgIpc) is 2.71. The molecule has 0 saturated heterocycles. The van der Waals surface area contributed by atoms with E-state index in [0.717, 1.165) is 23.3 Å². The number of carbonyl (C=O) groups is 1. The molecule has 0 saturated carbocycles. The molecule has 144 valence electrons. The van der Waals surface area contributed by atoms with Crippen molar-refractivity contribution in [3.63, 3.8) is 0 Å². The maximum absolute atomic E-state index is 12.8. The molecule has 2 nitrogen and oxygen atoms in total. The van der Waals surface area contributed by atoms with Gasteiger partial charge in [0.15, 0.2) is 0 Å². The molecule has 0 fully saturated rings. The van der Waals surface area contributed by atoms with Crippen LogP contribution in [-0.2, 0) is 6.18 Å². The number of carboxylic acid groups (broad SMARTS) is 1. The van der Waals surface area contributed by atoms with Crippen molar-refractivity contribution >= 4 is 12.0 Å². The zero-order valence-electron chi connectivity index (χ0n) is 15.1. The fourth-order valence-corrected chi connectivity index (χ4v) is 2.70. The van der Waals surface area contributed by atoms with Crippen molar-refractivity contribution in [2.45, 2.75) is 6.18 Å². The first kappa shape index (κ1) is 20.0. The van der Waals surface area contributed by atoms with Gasteiger partial charge in [0.1, 0.15) is 0 Å². The standard InChI is InChI=1S/C24H15F3O2/c25-24(26,27)21-15-13-19(14-16-21)22-8-4-3-7-18(22)6-2-1-5-17-9-11-20(12-10-17)23(28)29/h2-4,6-16H,(H,28,29)/b6-2+. The number of alkyl halides is 3. The normalized spacial score (nSPS) is 11.1. The van der Waals surface area contributed by atoms with Crippen LogP contribution in [-0.4, -0.2) is 11.1 Å². The second-order valence-electron chi connectivity index (χ2n) is 6.15. The smallest absolute Gasteiger partial charge is 0.416 e. The molecular formula is C24H15F3O2. The number of benzene rings is 3. The third kappa shape index (κ3) is 5.14. The van der Waals surface area contributed by atoms with E-state index in [2.05, 4.69) is 11.8 Å². The maximum atomic E-state index is 12.8. The predicted molar refractivity (Wildman–Crippen MR) is 106 cm³/mol. The third-order valence-electron chi connectivity index (χ3n) is 4.18. The van der Waals surface area contributed by atoms with E-state index in [0.29, 0.717) is 11.1 Å². The quantitative estimate of drug-likeness (QED) is 0.544. The van der Waals surface area contributed by atoms with E-state index in [4.69, 9.17) is 5.11 Å². The Hall–Kier alpha value is -3.78. The Bertz CT molecular complexity index is 1100. The van der Waals surface area contributed by atoms with Gasteiger partial charge in [0.05, 0.1) is 11.1 Å². The molecule has 0 aliphatic heterocycles. The number of hydrogen-bond acceptors (Lipinski definition) is 1. The summed E-state index contributed by atoms with van der Waals surface area (Å²) < 4.78 is 38.3. The number of hydrogen-bond donors (Lipinski definition) is 1. The summed E-state index contributed by atoms with van der Waals surface area (Å²) in [5.41, 5.74) is 2.48. The molecule has 3 aromatic carbocycles. The van der Waals surface area contributed by atoms with Gasteiger partial charge in [-0.25, -0.2) is 4.79 Å². The van der Waals surface area contributed by atoms with Gasteiger partial charge in [-0.05, 0) is 65.2 Å². The topological polar surface area (TPSA) is 37.3 Å². The summed E-state index contributed by atoms with van der Waals surface area (Å²) >= 11 is 0. The van der Waals surface area contributed by atoms with E-state index < -0.39 is 17.7 Å². The molecule has 5 heteroatoms. The first-order chi connectivity index (χ1) is 13.8. The Morgan fingerprint density at radius 1 is 0.897 bits per heavy atom. The summed E-state index contributed by atoms with van der Waals surface area (Å²) in [5, 5.41) is 8.89. The van der Waals surface area contributed by atoms with Crippen LogP contribution in [0.2, 0.25) is 0 Å². The number of aromatic carboxylic acids is 1. The fraction of sp³-hybridized carbons (Fsp3) is 0.0417. The first-order valence-electron chi connectivity index (χ1n) is 8.63. The van der Waals surface area contributed by atoms with E-state index in [1.54, 1.807) is 24.3 Å². The monoisotopic (exact) mass is 392 g/mol. The molecule has 0 atom stereocenters. The second kappa shape index (κ2) is 8.49. The molecule has 3 aromatic rings. The summed E-state index contributed by atoms with van der Waals surface area (Å²) in [5.74, 6) is 4.79. The van der Waals surface area contributed by atoms with Gasteiger partial charge in [0, 0.05) is 5.56 Å². The lowest BCUT2D eigenvalue weighted by molar-refractivity contribution is -0.137. The first-order valence-corrected chi connectivity index (χ1v) is 8.63. The second-order valence-corrected chi connectivity index (χ2v) is 6.15. The minimum atomic E-state index is -4.36. The fourth-order valence-electron chi connectivity index (χ4n) is 2.70. The zero-order valence-corrected chi connectivity index (χ0v) is 15.1. The van der Waals surface area contributed by atoms with Crippen molar-refractivity contribution in [2.75, 3.05) is 0 Å². The highest BCUT2D eigenvalue weighted by molar-refractivity contribution is 5.87. The van der Waals surface area contributed by atoms with Gasteiger partial charge in [-0.3, -0.25) is 0 Å². The lowest BCUT2D eigenvalue weighted by Crippen LogP contribution is -2.04. The van der Waals surface area contributed by atoms with Gasteiger partial charge < -0.3 is 5.11 Å². The van der Waals surface area contributed by atoms with Crippen LogP contribution in [0.25, 0.3) is 17.2 Å². The van der Waals surface area contributed by atoms with E-state index >= 15 is 0 Å². The molecule has 0 heterocycles. The van der Waals surface area contributed by atoms with Crippen molar-refractivity contribution in [3.05, 3.63) is 101 Å². The van der Waals surface area contributed by atoms with Crippen molar-refractivity contribution in [2.24, 2.45) is 0 Å². The van der Waals surface area contributed by atoms with Crippen LogP contribution < -0.4 is 0 Å². The largest absolute Gasteiger partial charge is 0.478 e. The molecule has 0 bridgehead atoms. The number of halogens is 3. The van der Waals surface area contributed by atoms with Gasteiger partial charge in [0.25, 0.3) is 0 Å². The summed E-state index contributed by atoms with van der Waals surface area (Å²) in [6, 6.07) is 18.6. The van der Waals surface area contributed by atoms with E-state index in [-0.39, 0.29) is 5.56 Å². The van der Waals surface area contributed by atoms with Crippen LogP contribution in [0.1, 0.15) is 27.0 Å². The molecule has 1 N–H and O–H groups in total. The van der Waals surface area contributed by atoms with E-state index in [9.17, 15) is 18.0 Å². The van der Waals surface area contributed by atoms with E-state index in [1.807, 2.05) is 24.3 Å². The van der Waals surface area contributed by atoms with Crippen LogP contribution in [0, 0.1) is 11.8 Å². The van der Waals surface area contributed by atoms with Gasteiger partial charge in [0.2, 0.25) is 0 Å². The number of allylic oxidation sites excluding steroid dienone is 1. The molecule has 0 aromatic heterocycles. The lowest BCUT2D eigenvalue weighted by Gasteiger charge is -2.09. The zero-order chi connectivity index (χ0) is 20.9. The SMILES string of the molecule is O=C(O)c1ccc(C#C/C=C/c2ccccc2-c2ccc(C(F)(F)F)cc2)cc1. The summed E-state index contributed by atoms with van der Waals surface area (Å²) in [6.45, 7) is 0. The van der Waals surface area contributed by atoms with Crippen LogP contribution in [0.3, 0.4) is 0 Å². The molecule has 0 aliphatic carbocycles. The number of carboxylic acids is 1. The Morgan fingerprint density at radius 3 is 2.17 bits per heavy atom. The molecular weight excluding hydrogens is 377 g/mol. The Morgan fingerprint density at radius 2 is 1.55 bits per heavy atom. The highest BCUT2D eigenvalue weighted by Gasteiger charge is 2.29. The minimum absolute atomic E-state index is 0.191. The molecule has 0 aliphatic rings. The Balaban J connectivity index is 1.80. The lowest BCUT2D eigenvalue weighted by atomic mass is 9.98. The molecule has 0 unspecified atom stereocenters. The molecule has 0 amide bonds. The maximum Gasteiger partial charge on any atom is 0.416 e. The summed E-state index contributed by atoms with van der Waals surface area (Å²) in [6.07, 6.45) is -0.935. The number of rotatable bonds is 3. The molecule has 3 rings (SSSR count). The van der Waals surface area contributed by atoms with Crippen LogP contribution in [0.4, 0.5) is 13.2 Å². The van der Waals surface area contributed by atoms with Crippen molar-refractivity contribution < 1.29 is 23.1 Å². The van der Waals surface area contributed by atoms with E-state index in [1.165, 1.54) is 24.3 Å². The Kier molecular flexibility index (Phi) is 5.85. The van der Waals surface area contributed by atoms with Crippen molar-refractivity contribution in [3.8, 4) is 23.0 Å². The highest BCUT2D eigenvalue weighted by atomic mass is 19.4. The van der Waals surface area contributed by atoms with Gasteiger partial charge in [-0.15, -0.1) is 0 Å². The molecule has 29 heavy (non-hydrogen) atoms. The highest BCUT2D eigenvalue weighted by Crippen LogP contribution is 2.32. The molecule has 0 spiro atoms. The molecule has 0 radical (unpaired) electrons. The van der Waals surface area contributed by atoms with Crippen molar-refractivity contribution in [1.29, 1.82) is 0 Å². The van der Waals surface area contributed by atoms with Gasteiger partial charge >= 0.3 is 12.1 Å². The summed E-state index contributed by atoms with van der Waals surface area (Å²) in [7, 11) is 0. The minimum Gasteiger partial charge on any atom is -0.478 e. The Labute approximate surface area is 165 Å². The predicted octanol–water partition coefficient (Wildman–Crippen LogP) is 6.14. The summed E-state index contributed by atoms with van der Waals surface area (Å²) in [4.78, 5) is 10.8. The van der Waals surface area contributed by atoms with Gasteiger partial charge in [-0.1, -0.05) is 48.2 Å².